The second-order valence-corrected chi connectivity index (χ2v) is 8.09. The lowest BCUT2D eigenvalue weighted by Gasteiger charge is -2.36. The fourth-order valence-corrected chi connectivity index (χ4v) is 4.15. The van der Waals surface area contributed by atoms with Gasteiger partial charge in [0.15, 0.2) is 0 Å². The van der Waals surface area contributed by atoms with Crippen LogP contribution in [-0.4, -0.2) is 48.6 Å². The van der Waals surface area contributed by atoms with Crippen molar-refractivity contribution in [2.24, 2.45) is 0 Å². The standard InChI is InChI=1S/C24H25N3OS/c1-29-23-10-6-20(7-11-23)24-21(3-2-12-25-24)17-26-13-15-27(16-14-26)22-8-4-19(18-28)5-9-22/h2-12,18H,13-17H2,1H3. The zero-order valence-electron chi connectivity index (χ0n) is 16.6. The summed E-state index contributed by atoms with van der Waals surface area (Å²) in [6.45, 7) is 4.90. The SMILES string of the molecule is CSc1ccc(-c2ncccc2CN2CCN(c3ccc(C=O)cc3)CC2)cc1. The quantitative estimate of drug-likeness (QED) is 0.444. The van der Waals surface area contributed by atoms with E-state index in [2.05, 4.69) is 51.4 Å². The highest BCUT2D eigenvalue weighted by molar-refractivity contribution is 7.98. The summed E-state index contributed by atoms with van der Waals surface area (Å²) in [4.78, 5) is 21.7. The van der Waals surface area contributed by atoms with Crippen LogP contribution in [0.1, 0.15) is 15.9 Å². The Bertz CT molecular complexity index is 949. The number of aromatic nitrogens is 1. The topological polar surface area (TPSA) is 36.4 Å². The predicted octanol–water partition coefficient (Wildman–Crippen LogP) is 4.61. The van der Waals surface area contributed by atoms with E-state index >= 15 is 0 Å². The molecule has 0 radical (unpaired) electrons. The van der Waals surface area contributed by atoms with E-state index in [0.29, 0.717) is 0 Å². The van der Waals surface area contributed by atoms with E-state index in [4.69, 9.17) is 0 Å². The summed E-state index contributed by atoms with van der Waals surface area (Å²) in [5, 5.41) is 0. The van der Waals surface area contributed by atoms with E-state index in [-0.39, 0.29) is 0 Å². The van der Waals surface area contributed by atoms with E-state index in [1.807, 2.05) is 36.5 Å². The molecule has 0 N–H and O–H groups in total. The highest BCUT2D eigenvalue weighted by Crippen LogP contribution is 2.26. The zero-order valence-corrected chi connectivity index (χ0v) is 17.4. The fourth-order valence-electron chi connectivity index (χ4n) is 3.74. The van der Waals surface area contributed by atoms with Crippen LogP contribution in [0, 0.1) is 0 Å². The summed E-state index contributed by atoms with van der Waals surface area (Å²) >= 11 is 1.76. The Hall–Kier alpha value is -2.63. The molecule has 1 fully saturated rings. The first-order valence-corrected chi connectivity index (χ1v) is 11.1. The maximum atomic E-state index is 10.8. The monoisotopic (exact) mass is 403 g/mol. The maximum absolute atomic E-state index is 10.8. The third kappa shape index (κ3) is 4.69. The molecule has 3 aromatic rings. The second-order valence-electron chi connectivity index (χ2n) is 7.21. The molecule has 0 aliphatic carbocycles. The molecule has 148 valence electrons. The van der Waals surface area contributed by atoms with Crippen LogP contribution >= 0.6 is 11.8 Å². The number of pyridine rings is 1. The molecular weight excluding hydrogens is 378 g/mol. The Morgan fingerprint density at radius 3 is 2.34 bits per heavy atom. The lowest BCUT2D eigenvalue weighted by molar-refractivity contribution is 0.112. The number of rotatable bonds is 6. The van der Waals surface area contributed by atoms with Gasteiger partial charge in [0.25, 0.3) is 0 Å². The van der Waals surface area contributed by atoms with Gasteiger partial charge in [-0.05, 0) is 54.3 Å². The highest BCUT2D eigenvalue weighted by Gasteiger charge is 2.19. The zero-order chi connectivity index (χ0) is 20.1. The van der Waals surface area contributed by atoms with Crippen LogP contribution in [0.15, 0.2) is 71.8 Å². The average molecular weight is 404 g/mol. The molecular formula is C24H25N3OS. The summed E-state index contributed by atoms with van der Waals surface area (Å²) in [5.74, 6) is 0. The fraction of sp³-hybridized carbons (Fsp3) is 0.250. The van der Waals surface area contributed by atoms with Gasteiger partial charge in [-0.3, -0.25) is 14.7 Å². The van der Waals surface area contributed by atoms with Gasteiger partial charge in [-0.2, -0.15) is 0 Å². The number of carbonyl (C=O) groups excluding carboxylic acids is 1. The number of nitrogens with zero attached hydrogens (tertiary/aromatic N) is 3. The molecule has 1 aliphatic heterocycles. The Morgan fingerprint density at radius 2 is 1.69 bits per heavy atom. The molecule has 2 aromatic carbocycles. The van der Waals surface area contributed by atoms with Gasteiger partial charge in [0.05, 0.1) is 5.69 Å². The number of thioether (sulfide) groups is 1. The van der Waals surface area contributed by atoms with Crippen molar-refractivity contribution in [3.63, 3.8) is 0 Å². The molecule has 5 heteroatoms. The number of piperazine rings is 1. The third-order valence-corrected chi connectivity index (χ3v) is 6.16. The van der Waals surface area contributed by atoms with Gasteiger partial charge in [0.1, 0.15) is 6.29 Å². The molecule has 0 amide bonds. The maximum Gasteiger partial charge on any atom is 0.150 e. The number of hydrogen-bond acceptors (Lipinski definition) is 5. The molecule has 4 nitrogen and oxygen atoms in total. The molecule has 1 aliphatic rings. The van der Waals surface area contributed by atoms with Crippen molar-refractivity contribution in [2.45, 2.75) is 11.4 Å². The number of anilines is 1. The van der Waals surface area contributed by atoms with Crippen molar-refractivity contribution in [3.8, 4) is 11.3 Å². The lowest BCUT2D eigenvalue weighted by Crippen LogP contribution is -2.46. The number of hydrogen-bond donors (Lipinski definition) is 0. The summed E-state index contributed by atoms with van der Waals surface area (Å²) in [6, 6.07) is 20.7. The molecule has 0 saturated carbocycles. The van der Waals surface area contributed by atoms with Gasteiger partial charge < -0.3 is 4.90 Å². The Labute approximate surface area is 176 Å². The van der Waals surface area contributed by atoms with E-state index in [9.17, 15) is 4.79 Å². The van der Waals surface area contributed by atoms with Crippen LogP contribution in [0.4, 0.5) is 5.69 Å². The minimum Gasteiger partial charge on any atom is -0.369 e. The molecule has 29 heavy (non-hydrogen) atoms. The number of benzene rings is 2. The van der Waals surface area contributed by atoms with Gasteiger partial charge in [0, 0.05) is 60.6 Å². The first-order chi connectivity index (χ1) is 14.3. The molecule has 4 rings (SSSR count). The van der Waals surface area contributed by atoms with E-state index in [1.165, 1.54) is 21.7 Å². The van der Waals surface area contributed by atoms with Crippen LogP contribution in [0.2, 0.25) is 0 Å². The highest BCUT2D eigenvalue weighted by atomic mass is 32.2. The summed E-state index contributed by atoms with van der Waals surface area (Å²) in [5.41, 5.74) is 5.43. The van der Waals surface area contributed by atoms with Crippen LogP contribution < -0.4 is 4.90 Å². The summed E-state index contributed by atoms with van der Waals surface area (Å²) < 4.78 is 0. The average Bonchev–Trinajstić information content (AvgIpc) is 2.80. The summed E-state index contributed by atoms with van der Waals surface area (Å²) in [6.07, 6.45) is 4.86. The van der Waals surface area contributed by atoms with E-state index in [1.54, 1.807) is 11.8 Å². The molecule has 2 heterocycles. The lowest BCUT2D eigenvalue weighted by atomic mass is 10.1. The smallest absolute Gasteiger partial charge is 0.150 e. The van der Waals surface area contributed by atoms with Crippen molar-refractivity contribution in [1.82, 2.24) is 9.88 Å². The Morgan fingerprint density at radius 1 is 0.966 bits per heavy atom. The molecule has 0 bridgehead atoms. The van der Waals surface area contributed by atoms with Crippen molar-refractivity contribution < 1.29 is 4.79 Å². The molecule has 0 atom stereocenters. The first-order valence-electron chi connectivity index (χ1n) is 9.87. The predicted molar refractivity (Wildman–Crippen MR) is 121 cm³/mol. The largest absolute Gasteiger partial charge is 0.369 e. The van der Waals surface area contributed by atoms with Gasteiger partial charge >= 0.3 is 0 Å². The van der Waals surface area contributed by atoms with Crippen LogP contribution in [-0.2, 0) is 6.54 Å². The Balaban J connectivity index is 1.42. The normalized spacial score (nSPS) is 14.7. The van der Waals surface area contributed by atoms with Gasteiger partial charge in [0.2, 0.25) is 0 Å². The number of aldehydes is 1. The van der Waals surface area contributed by atoms with Crippen LogP contribution in [0.25, 0.3) is 11.3 Å². The van der Waals surface area contributed by atoms with Crippen LogP contribution in [0.5, 0.6) is 0 Å². The van der Waals surface area contributed by atoms with E-state index < -0.39 is 0 Å². The van der Waals surface area contributed by atoms with Crippen LogP contribution in [0.3, 0.4) is 0 Å². The number of carbonyl (C=O) groups is 1. The second kappa shape index (κ2) is 9.25. The molecule has 1 aromatic heterocycles. The van der Waals surface area contributed by atoms with E-state index in [0.717, 1.165) is 50.3 Å². The first kappa shape index (κ1) is 19.7. The van der Waals surface area contributed by atoms with Crippen molar-refractivity contribution in [1.29, 1.82) is 0 Å². The van der Waals surface area contributed by atoms with Gasteiger partial charge in [-0.1, -0.05) is 18.2 Å². The molecule has 1 saturated heterocycles. The van der Waals surface area contributed by atoms with Crippen molar-refractivity contribution in [2.75, 3.05) is 37.3 Å². The summed E-state index contributed by atoms with van der Waals surface area (Å²) in [7, 11) is 0. The van der Waals surface area contributed by atoms with Gasteiger partial charge in [-0.25, -0.2) is 0 Å². The molecule has 0 unspecified atom stereocenters. The van der Waals surface area contributed by atoms with Crippen molar-refractivity contribution >= 4 is 23.7 Å². The van der Waals surface area contributed by atoms with Gasteiger partial charge in [-0.15, -0.1) is 11.8 Å². The molecule has 0 spiro atoms. The third-order valence-electron chi connectivity index (χ3n) is 5.42. The van der Waals surface area contributed by atoms with Crippen molar-refractivity contribution in [3.05, 3.63) is 78.0 Å². The Kier molecular flexibility index (Phi) is 6.27. The minimum absolute atomic E-state index is 0.724. The minimum atomic E-state index is 0.724.